The molecule has 1 unspecified atom stereocenters. The summed E-state index contributed by atoms with van der Waals surface area (Å²) in [4.78, 5) is 0. The lowest BCUT2D eigenvalue weighted by Crippen LogP contribution is -2.23. The normalized spacial score (nSPS) is 13.3. The van der Waals surface area contributed by atoms with Crippen LogP contribution in [0.2, 0.25) is 5.02 Å². The lowest BCUT2D eigenvalue weighted by molar-refractivity contribution is 0.0905. The first-order chi connectivity index (χ1) is 21.0. The van der Waals surface area contributed by atoms with Crippen molar-refractivity contribution < 1.29 is 22.9 Å². The summed E-state index contributed by atoms with van der Waals surface area (Å²) < 4.78 is 35.7. The highest BCUT2D eigenvalue weighted by Gasteiger charge is 2.30. The van der Waals surface area contributed by atoms with Crippen LogP contribution in [0, 0.1) is 11.3 Å². The lowest BCUT2D eigenvalue weighted by Gasteiger charge is -2.22. The van der Waals surface area contributed by atoms with E-state index in [1.165, 1.54) is 103 Å². The third kappa shape index (κ3) is 17.1. The molecule has 0 aliphatic carbocycles. The SMILES string of the molecule is CCCCCCCCCCCCCCCCCCC[C@H](COP(=O)(OC)Oc1ccccc1Cl)Oc1cccc(C#N)c1. The molecule has 0 N–H and O–H groups in total. The van der Waals surface area contributed by atoms with Crippen LogP contribution < -0.4 is 9.26 Å². The zero-order valence-corrected chi connectivity index (χ0v) is 28.1. The van der Waals surface area contributed by atoms with Crippen molar-refractivity contribution in [3.8, 4) is 17.6 Å². The highest BCUT2D eigenvalue weighted by molar-refractivity contribution is 7.48. The van der Waals surface area contributed by atoms with E-state index in [0.29, 0.717) is 22.8 Å². The summed E-state index contributed by atoms with van der Waals surface area (Å²) in [7, 11) is -2.64. The number of hydrogen-bond acceptors (Lipinski definition) is 6. The highest BCUT2D eigenvalue weighted by Crippen LogP contribution is 2.50. The maximum Gasteiger partial charge on any atom is 0.529 e. The van der Waals surface area contributed by atoms with E-state index in [9.17, 15) is 9.83 Å². The van der Waals surface area contributed by atoms with E-state index in [-0.39, 0.29) is 18.5 Å². The number of rotatable bonds is 26. The molecule has 2 aromatic rings. The Balaban J connectivity index is 1.68. The summed E-state index contributed by atoms with van der Waals surface area (Å²) in [6, 6.07) is 15.9. The smallest absolute Gasteiger partial charge is 0.488 e. The molecule has 0 aliphatic heterocycles. The zero-order chi connectivity index (χ0) is 31.0. The maximum absolute atomic E-state index is 13.2. The second-order valence-electron chi connectivity index (χ2n) is 11.3. The molecule has 0 saturated heterocycles. The Morgan fingerprint density at radius 2 is 1.35 bits per heavy atom. The van der Waals surface area contributed by atoms with Crippen LogP contribution in [0.25, 0.3) is 0 Å². The van der Waals surface area contributed by atoms with E-state index in [1.807, 2.05) is 0 Å². The standard InChI is InChI=1S/C35H53ClNO5P/c1-3-4-5-6-7-8-9-10-11-12-13-14-15-16-17-18-19-24-33(41-32-25-22-23-31(28-32)29-37)30-40-43(38,39-2)42-35-27-21-20-26-34(35)36/h20-23,25-28,33H,3-19,24,30H2,1-2H3/t33-,43?/m1/s1. The molecule has 2 rings (SSSR count). The fraction of sp³-hybridized carbons (Fsp3) is 0.629. The van der Waals surface area contributed by atoms with Gasteiger partial charge >= 0.3 is 7.82 Å². The van der Waals surface area contributed by atoms with Gasteiger partial charge in [-0.25, -0.2) is 4.57 Å². The van der Waals surface area contributed by atoms with Crippen LogP contribution in [0.5, 0.6) is 11.5 Å². The van der Waals surface area contributed by atoms with E-state index >= 15 is 0 Å². The molecule has 0 fully saturated rings. The van der Waals surface area contributed by atoms with Crippen molar-refractivity contribution in [1.82, 2.24) is 0 Å². The molecule has 6 nitrogen and oxygen atoms in total. The molecule has 0 aromatic heterocycles. The zero-order valence-electron chi connectivity index (χ0n) is 26.4. The van der Waals surface area contributed by atoms with Crippen molar-refractivity contribution in [3.63, 3.8) is 0 Å². The first kappa shape index (κ1) is 37.2. The van der Waals surface area contributed by atoms with Gasteiger partial charge in [0.15, 0.2) is 0 Å². The van der Waals surface area contributed by atoms with Crippen LogP contribution in [-0.4, -0.2) is 19.8 Å². The Hall–Kier alpha value is -2.03. The van der Waals surface area contributed by atoms with Crippen LogP contribution in [0.4, 0.5) is 0 Å². The van der Waals surface area contributed by atoms with Crippen molar-refractivity contribution in [2.24, 2.45) is 0 Å². The van der Waals surface area contributed by atoms with E-state index in [2.05, 4.69) is 13.0 Å². The molecule has 43 heavy (non-hydrogen) atoms. The van der Waals surface area contributed by atoms with Gasteiger partial charge in [0.1, 0.15) is 17.6 Å². The maximum atomic E-state index is 13.2. The third-order valence-corrected chi connectivity index (χ3v) is 9.23. The molecule has 2 atom stereocenters. The largest absolute Gasteiger partial charge is 0.529 e. The van der Waals surface area contributed by atoms with Crippen LogP contribution in [0.15, 0.2) is 48.5 Å². The van der Waals surface area contributed by atoms with Crippen LogP contribution >= 0.6 is 19.4 Å². The Labute approximate surface area is 266 Å². The van der Waals surface area contributed by atoms with Crippen molar-refractivity contribution >= 4 is 19.4 Å². The van der Waals surface area contributed by atoms with Gasteiger partial charge in [0.05, 0.1) is 23.3 Å². The number of para-hydroxylation sites is 1. The number of nitrogens with zero attached hydrogens (tertiary/aromatic N) is 1. The molecule has 0 spiro atoms. The fourth-order valence-electron chi connectivity index (χ4n) is 5.03. The first-order valence-electron chi connectivity index (χ1n) is 16.4. The number of hydrogen-bond donors (Lipinski definition) is 0. The molecule has 0 bridgehead atoms. The third-order valence-electron chi connectivity index (χ3n) is 7.58. The topological polar surface area (TPSA) is 77.8 Å². The average Bonchev–Trinajstić information content (AvgIpc) is 3.02. The summed E-state index contributed by atoms with van der Waals surface area (Å²) >= 11 is 6.16. The second-order valence-corrected chi connectivity index (χ2v) is 13.4. The molecular weight excluding hydrogens is 581 g/mol. The highest BCUT2D eigenvalue weighted by atomic mass is 35.5. The van der Waals surface area contributed by atoms with E-state index < -0.39 is 7.82 Å². The number of halogens is 1. The molecule has 0 heterocycles. The Bertz CT molecular complexity index is 1090. The monoisotopic (exact) mass is 633 g/mol. The molecule has 0 aliphatic rings. The Morgan fingerprint density at radius 1 is 0.791 bits per heavy atom. The van der Waals surface area contributed by atoms with Crippen LogP contribution in [0.3, 0.4) is 0 Å². The van der Waals surface area contributed by atoms with Gasteiger partial charge in [-0.05, 0) is 43.2 Å². The summed E-state index contributed by atoms with van der Waals surface area (Å²) in [5.41, 5.74) is 0.514. The quantitative estimate of drug-likeness (QED) is 0.0757. The Morgan fingerprint density at radius 3 is 1.88 bits per heavy atom. The minimum atomic E-state index is -3.92. The van der Waals surface area contributed by atoms with Crippen molar-refractivity contribution in [1.29, 1.82) is 5.26 Å². The number of unbranched alkanes of at least 4 members (excludes halogenated alkanes) is 16. The average molecular weight is 634 g/mol. The number of phosphoric ester groups is 1. The predicted octanol–water partition coefficient (Wildman–Crippen LogP) is 11.9. The number of benzene rings is 2. The number of nitriles is 1. The van der Waals surface area contributed by atoms with Gasteiger partial charge in [0.25, 0.3) is 0 Å². The Kier molecular flexibility index (Phi) is 20.2. The van der Waals surface area contributed by atoms with Gasteiger partial charge in [-0.3, -0.25) is 9.05 Å². The van der Waals surface area contributed by atoms with E-state index in [4.69, 9.17) is 29.9 Å². The predicted molar refractivity (Wildman–Crippen MR) is 177 cm³/mol. The summed E-state index contributed by atoms with van der Waals surface area (Å²) in [5, 5.41) is 9.57. The molecule has 240 valence electrons. The number of ether oxygens (including phenoxy) is 1. The minimum Gasteiger partial charge on any atom is -0.488 e. The molecule has 0 saturated carbocycles. The number of phosphoric acid groups is 1. The lowest BCUT2D eigenvalue weighted by atomic mass is 10.0. The van der Waals surface area contributed by atoms with Crippen LogP contribution in [-0.2, 0) is 13.6 Å². The summed E-state index contributed by atoms with van der Waals surface area (Å²) in [5.74, 6) is 0.792. The molecule has 0 amide bonds. The van der Waals surface area contributed by atoms with Gasteiger partial charge in [0, 0.05) is 7.11 Å². The van der Waals surface area contributed by atoms with Gasteiger partial charge in [0.2, 0.25) is 0 Å². The van der Waals surface area contributed by atoms with Gasteiger partial charge in [-0.15, -0.1) is 0 Å². The molecule has 8 heteroatoms. The summed E-state index contributed by atoms with van der Waals surface area (Å²) in [6.07, 6.45) is 22.7. The molecule has 0 radical (unpaired) electrons. The van der Waals surface area contributed by atoms with E-state index in [0.717, 1.165) is 12.8 Å². The second kappa shape index (κ2) is 23.4. The first-order valence-corrected chi connectivity index (χ1v) is 18.2. The van der Waals surface area contributed by atoms with Gasteiger partial charge in [-0.2, -0.15) is 5.26 Å². The molecular formula is C35H53ClNO5P. The molecule has 2 aromatic carbocycles. The minimum absolute atomic E-state index is 0.00517. The van der Waals surface area contributed by atoms with E-state index in [1.54, 1.807) is 48.5 Å². The van der Waals surface area contributed by atoms with Crippen molar-refractivity contribution in [3.05, 3.63) is 59.1 Å². The fourth-order valence-corrected chi connectivity index (χ4v) is 6.24. The van der Waals surface area contributed by atoms with Gasteiger partial charge < -0.3 is 9.26 Å². The van der Waals surface area contributed by atoms with Crippen molar-refractivity contribution in [2.45, 2.75) is 129 Å². The summed E-state index contributed by atoms with van der Waals surface area (Å²) in [6.45, 7) is 2.28. The van der Waals surface area contributed by atoms with Crippen molar-refractivity contribution in [2.75, 3.05) is 13.7 Å². The van der Waals surface area contributed by atoms with Crippen LogP contribution in [0.1, 0.15) is 128 Å². The van der Waals surface area contributed by atoms with Gasteiger partial charge in [-0.1, -0.05) is 139 Å².